The maximum Gasteiger partial charge on any atom is 0.324 e. The molecule has 0 bridgehead atoms. The number of hydrogen-bond donors (Lipinski definition) is 0. The quantitative estimate of drug-likeness (QED) is 0.680. The van der Waals surface area contributed by atoms with Gasteiger partial charge in [-0.1, -0.05) is 60.7 Å². The second kappa shape index (κ2) is 7.63. The van der Waals surface area contributed by atoms with Crippen molar-refractivity contribution in [2.45, 2.75) is 6.92 Å². The van der Waals surface area contributed by atoms with Crippen molar-refractivity contribution < 1.29 is 12.7 Å². The first-order valence-corrected chi connectivity index (χ1v) is 10.1. The highest BCUT2D eigenvalue weighted by molar-refractivity contribution is 7.86. The minimum Gasteiger partial charge on any atom is -0.284 e. The molecule has 3 rings (SSSR count). The molecule has 2 aromatic carbocycles. The number of aromatic nitrogens is 1. The van der Waals surface area contributed by atoms with Crippen molar-refractivity contribution in [2.75, 3.05) is 6.26 Å². The van der Waals surface area contributed by atoms with E-state index in [0.717, 1.165) is 27.7 Å². The first-order chi connectivity index (χ1) is 12.8. The molecule has 0 aliphatic rings. The predicted molar refractivity (Wildman–Crippen MR) is 108 cm³/mol. The minimum absolute atomic E-state index is 0.345. The van der Waals surface area contributed by atoms with Crippen molar-refractivity contribution in [3.63, 3.8) is 0 Å². The Balaban J connectivity index is 1.91. The summed E-state index contributed by atoms with van der Waals surface area (Å²) in [6.45, 7) is 1.76. The van der Waals surface area contributed by atoms with E-state index in [-0.39, 0.29) is 0 Å². The molecular formula is C21H19NO4S. The molecule has 0 amide bonds. The van der Waals surface area contributed by atoms with Crippen LogP contribution in [0.3, 0.4) is 0 Å². The highest BCUT2D eigenvalue weighted by Crippen LogP contribution is 2.20. The van der Waals surface area contributed by atoms with Crippen LogP contribution in [0.25, 0.3) is 23.3 Å². The number of hydrogen-bond acceptors (Lipinski definition) is 4. The van der Waals surface area contributed by atoms with E-state index in [0.29, 0.717) is 11.3 Å². The fourth-order valence-corrected chi connectivity index (χ4v) is 3.07. The lowest BCUT2D eigenvalue weighted by Gasteiger charge is -2.09. The monoisotopic (exact) mass is 381 g/mol. The maximum atomic E-state index is 12.1. The smallest absolute Gasteiger partial charge is 0.284 e. The van der Waals surface area contributed by atoms with Crippen LogP contribution in [0.4, 0.5) is 0 Å². The normalized spacial score (nSPS) is 11.6. The van der Waals surface area contributed by atoms with Crippen molar-refractivity contribution in [2.24, 2.45) is 0 Å². The van der Waals surface area contributed by atoms with Gasteiger partial charge in [0.1, 0.15) is 0 Å². The highest BCUT2D eigenvalue weighted by atomic mass is 32.2. The number of rotatable bonds is 5. The third-order valence-electron chi connectivity index (χ3n) is 3.84. The lowest BCUT2D eigenvalue weighted by Crippen LogP contribution is -2.31. The Kier molecular flexibility index (Phi) is 5.28. The van der Waals surface area contributed by atoms with Crippen LogP contribution in [-0.2, 0) is 10.1 Å². The van der Waals surface area contributed by atoms with E-state index in [1.807, 2.05) is 54.6 Å². The van der Waals surface area contributed by atoms with Crippen LogP contribution in [0.1, 0.15) is 16.8 Å². The van der Waals surface area contributed by atoms with Gasteiger partial charge in [-0.3, -0.25) is 9.08 Å². The van der Waals surface area contributed by atoms with Gasteiger partial charge in [-0.15, -0.1) is 4.73 Å². The zero-order chi connectivity index (χ0) is 19.4. The van der Waals surface area contributed by atoms with E-state index in [9.17, 15) is 13.2 Å². The SMILES string of the molecule is Cc1cc(/C=C/c2ccc(-c3ccccc3)cc2)n(OS(C)(=O)=O)c(=O)c1. The van der Waals surface area contributed by atoms with Crippen LogP contribution in [0, 0.1) is 6.92 Å². The number of nitrogens with zero attached hydrogens (tertiary/aromatic N) is 1. The Bertz CT molecular complexity index is 1130. The van der Waals surface area contributed by atoms with Crippen LogP contribution < -0.4 is 9.84 Å². The Hall–Kier alpha value is -3.12. The van der Waals surface area contributed by atoms with Gasteiger partial charge in [0, 0.05) is 6.07 Å². The molecule has 27 heavy (non-hydrogen) atoms. The first-order valence-electron chi connectivity index (χ1n) is 8.29. The average Bonchev–Trinajstić information content (AvgIpc) is 2.63. The lowest BCUT2D eigenvalue weighted by molar-refractivity contribution is 0.267. The zero-order valence-electron chi connectivity index (χ0n) is 15.0. The van der Waals surface area contributed by atoms with Gasteiger partial charge in [0.25, 0.3) is 5.56 Å². The molecule has 0 saturated carbocycles. The highest BCUT2D eigenvalue weighted by Gasteiger charge is 2.10. The van der Waals surface area contributed by atoms with E-state index in [1.165, 1.54) is 6.07 Å². The summed E-state index contributed by atoms with van der Waals surface area (Å²) in [4.78, 5) is 12.1. The van der Waals surface area contributed by atoms with Gasteiger partial charge in [-0.05, 0) is 41.3 Å². The van der Waals surface area contributed by atoms with Gasteiger partial charge in [0.15, 0.2) is 0 Å². The number of benzene rings is 2. The second-order valence-corrected chi connectivity index (χ2v) is 7.75. The van der Waals surface area contributed by atoms with Crippen LogP contribution in [-0.4, -0.2) is 19.4 Å². The summed E-state index contributed by atoms with van der Waals surface area (Å²) in [7, 11) is -3.83. The van der Waals surface area contributed by atoms with Crippen molar-refractivity contribution in [3.8, 4) is 11.1 Å². The molecule has 0 aliphatic heterocycles. The van der Waals surface area contributed by atoms with Crippen molar-refractivity contribution in [3.05, 3.63) is 93.9 Å². The summed E-state index contributed by atoms with van der Waals surface area (Å²) in [5.41, 5.74) is 3.65. The van der Waals surface area contributed by atoms with E-state index in [2.05, 4.69) is 0 Å². The van der Waals surface area contributed by atoms with Gasteiger partial charge in [-0.2, -0.15) is 8.42 Å². The molecule has 0 saturated heterocycles. The number of pyridine rings is 1. The standard InChI is InChI=1S/C21H19NO4S/c1-16-14-20(22(21(23)15-16)26-27(2,24)25)13-10-17-8-11-19(12-9-17)18-6-4-3-5-7-18/h3-15H,1-2H3/b13-10+. The second-order valence-electron chi connectivity index (χ2n) is 6.19. The Labute approximate surface area is 158 Å². The Morgan fingerprint density at radius 2 is 1.52 bits per heavy atom. The molecule has 0 fully saturated rings. The summed E-state index contributed by atoms with van der Waals surface area (Å²) in [6, 6.07) is 20.9. The molecule has 0 radical (unpaired) electrons. The molecule has 138 valence electrons. The zero-order valence-corrected chi connectivity index (χ0v) is 15.8. The molecule has 0 atom stereocenters. The van der Waals surface area contributed by atoms with E-state index < -0.39 is 15.7 Å². The van der Waals surface area contributed by atoms with Crippen molar-refractivity contribution in [1.82, 2.24) is 4.73 Å². The topological polar surface area (TPSA) is 65.4 Å². The fourth-order valence-electron chi connectivity index (χ4n) is 2.64. The van der Waals surface area contributed by atoms with E-state index in [1.54, 1.807) is 25.1 Å². The Morgan fingerprint density at radius 3 is 2.15 bits per heavy atom. The van der Waals surface area contributed by atoms with Gasteiger partial charge in [0.05, 0.1) is 11.9 Å². The molecule has 5 nitrogen and oxygen atoms in total. The minimum atomic E-state index is -3.83. The van der Waals surface area contributed by atoms with Crippen molar-refractivity contribution in [1.29, 1.82) is 0 Å². The first kappa shape index (κ1) is 18.7. The third kappa shape index (κ3) is 4.95. The molecule has 6 heteroatoms. The van der Waals surface area contributed by atoms with Crippen LogP contribution in [0.15, 0.2) is 71.5 Å². The third-order valence-corrected chi connectivity index (χ3v) is 4.26. The molecule has 0 unspecified atom stereocenters. The molecule has 0 N–H and O–H groups in total. The van der Waals surface area contributed by atoms with Crippen LogP contribution in [0.5, 0.6) is 0 Å². The summed E-state index contributed by atoms with van der Waals surface area (Å²) >= 11 is 0. The fraction of sp³-hybridized carbons (Fsp3) is 0.0952. The summed E-state index contributed by atoms with van der Waals surface area (Å²) < 4.78 is 28.4. The molecule has 0 spiro atoms. The van der Waals surface area contributed by atoms with Gasteiger partial charge in [0.2, 0.25) is 0 Å². The molecule has 1 heterocycles. The molecule has 3 aromatic rings. The van der Waals surface area contributed by atoms with Gasteiger partial charge in [-0.25, -0.2) is 0 Å². The predicted octanol–water partition coefficient (Wildman–Crippen LogP) is 3.38. The largest absolute Gasteiger partial charge is 0.324 e. The summed E-state index contributed by atoms with van der Waals surface area (Å²) in [6.07, 6.45) is 4.34. The van der Waals surface area contributed by atoms with Crippen molar-refractivity contribution >= 4 is 22.3 Å². The van der Waals surface area contributed by atoms with E-state index in [4.69, 9.17) is 4.28 Å². The maximum absolute atomic E-state index is 12.1. The Morgan fingerprint density at radius 1 is 0.889 bits per heavy atom. The number of aryl methyl sites for hydroxylation is 1. The lowest BCUT2D eigenvalue weighted by atomic mass is 10.0. The molecular weight excluding hydrogens is 362 g/mol. The summed E-state index contributed by atoms with van der Waals surface area (Å²) in [5.74, 6) is 0. The van der Waals surface area contributed by atoms with Gasteiger partial charge < -0.3 is 0 Å². The average molecular weight is 381 g/mol. The van der Waals surface area contributed by atoms with Gasteiger partial charge >= 0.3 is 10.1 Å². The molecule has 0 aliphatic carbocycles. The van der Waals surface area contributed by atoms with Crippen LogP contribution in [0.2, 0.25) is 0 Å². The molecule has 1 aromatic heterocycles. The van der Waals surface area contributed by atoms with Crippen LogP contribution >= 0.6 is 0 Å². The van der Waals surface area contributed by atoms with E-state index >= 15 is 0 Å². The summed E-state index contributed by atoms with van der Waals surface area (Å²) in [5, 5.41) is 0.